The molecule has 1 aliphatic carbocycles. The Bertz CT molecular complexity index is 570. The van der Waals surface area contributed by atoms with Crippen LogP contribution in [0.3, 0.4) is 0 Å². The van der Waals surface area contributed by atoms with Crippen molar-refractivity contribution in [1.82, 2.24) is 5.06 Å². The van der Waals surface area contributed by atoms with E-state index >= 15 is 0 Å². The molecule has 0 aromatic heterocycles. The molecule has 96 valence electrons. The first-order chi connectivity index (χ1) is 9.18. The van der Waals surface area contributed by atoms with Crippen molar-refractivity contribution in [3.63, 3.8) is 0 Å². The molecule has 1 unspecified atom stereocenters. The zero-order valence-electron chi connectivity index (χ0n) is 10.0. The van der Waals surface area contributed by atoms with Crippen LogP contribution in [0.1, 0.15) is 33.6 Å². The van der Waals surface area contributed by atoms with Gasteiger partial charge in [0, 0.05) is 0 Å². The van der Waals surface area contributed by atoms with Gasteiger partial charge in [0.15, 0.2) is 0 Å². The molecule has 0 radical (unpaired) electrons. The molecule has 0 bridgehead atoms. The highest BCUT2D eigenvalue weighted by molar-refractivity contribution is 6.20. The van der Waals surface area contributed by atoms with E-state index in [0.717, 1.165) is 6.42 Å². The van der Waals surface area contributed by atoms with Crippen molar-refractivity contribution in [3.8, 4) is 0 Å². The average molecular weight is 257 g/mol. The number of fused-ring (bicyclic) bond motifs is 1. The molecule has 0 spiro atoms. The number of nitrogens with zero attached hydrogens (tertiary/aromatic N) is 1. The van der Waals surface area contributed by atoms with Crippen molar-refractivity contribution in [3.05, 3.63) is 47.5 Å². The molecular formula is C14H11NO4. The van der Waals surface area contributed by atoms with E-state index < -0.39 is 17.8 Å². The van der Waals surface area contributed by atoms with Crippen molar-refractivity contribution in [1.29, 1.82) is 0 Å². The Labute approximate surface area is 109 Å². The van der Waals surface area contributed by atoms with Crippen LogP contribution in [0.25, 0.3) is 0 Å². The lowest BCUT2D eigenvalue weighted by atomic mass is 10.1. The quantitative estimate of drug-likeness (QED) is 0.597. The van der Waals surface area contributed by atoms with E-state index in [0.29, 0.717) is 11.5 Å². The van der Waals surface area contributed by atoms with Crippen LogP contribution in [0.2, 0.25) is 0 Å². The molecule has 0 saturated heterocycles. The zero-order chi connectivity index (χ0) is 13.4. The van der Waals surface area contributed by atoms with Crippen LogP contribution in [0.5, 0.6) is 0 Å². The van der Waals surface area contributed by atoms with Crippen molar-refractivity contribution in [2.45, 2.75) is 12.8 Å². The third-order valence-electron chi connectivity index (χ3n) is 3.25. The lowest BCUT2D eigenvalue weighted by molar-refractivity contribution is -0.171. The molecule has 0 saturated carbocycles. The standard InChI is InChI=1S/C14H11NO4/c16-12-10-7-3-4-8-11(10)13(17)15(12)19-14(18)9-5-1-2-6-9/h1,3-5,7-9H,2,6H2. The highest BCUT2D eigenvalue weighted by Gasteiger charge is 2.39. The largest absolute Gasteiger partial charge is 0.340 e. The third-order valence-corrected chi connectivity index (χ3v) is 3.25. The molecule has 5 heteroatoms. The fraction of sp³-hybridized carbons (Fsp3) is 0.214. The number of allylic oxidation sites excluding steroid dienone is 1. The summed E-state index contributed by atoms with van der Waals surface area (Å²) in [7, 11) is 0. The Hall–Kier alpha value is -2.43. The fourth-order valence-corrected chi connectivity index (χ4v) is 2.24. The van der Waals surface area contributed by atoms with E-state index in [1.54, 1.807) is 30.3 Å². The smallest absolute Gasteiger partial charge is 0.329 e. The number of amides is 2. The fourth-order valence-electron chi connectivity index (χ4n) is 2.24. The van der Waals surface area contributed by atoms with Gasteiger partial charge in [-0.15, -0.1) is 0 Å². The van der Waals surface area contributed by atoms with Crippen molar-refractivity contribution >= 4 is 17.8 Å². The highest BCUT2D eigenvalue weighted by Crippen LogP contribution is 2.25. The normalized spacial score (nSPS) is 20.8. The maximum Gasteiger partial charge on any atom is 0.340 e. The minimum absolute atomic E-state index is 0.266. The van der Waals surface area contributed by atoms with Gasteiger partial charge in [0.1, 0.15) is 0 Å². The monoisotopic (exact) mass is 257 g/mol. The van der Waals surface area contributed by atoms with E-state index in [1.807, 2.05) is 6.08 Å². The summed E-state index contributed by atoms with van der Waals surface area (Å²) in [5.41, 5.74) is 0.532. The molecule has 19 heavy (non-hydrogen) atoms. The second-order valence-corrected chi connectivity index (χ2v) is 4.47. The molecule has 3 rings (SSSR count). The van der Waals surface area contributed by atoms with Crippen molar-refractivity contribution < 1.29 is 19.2 Å². The Balaban J connectivity index is 1.80. The first kappa shape index (κ1) is 11.6. The zero-order valence-corrected chi connectivity index (χ0v) is 10.0. The summed E-state index contributed by atoms with van der Waals surface area (Å²) in [4.78, 5) is 40.7. The van der Waals surface area contributed by atoms with Crippen LogP contribution >= 0.6 is 0 Å². The van der Waals surface area contributed by atoms with Gasteiger partial charge in [-0.2, -0.15) is 0 Å². The van der Waals surface area contributed by atoms with E-state index in [1.165, 1.54) is 0 Å². The number of benzene rings is 1. The molecule has 2 aliphatic rings. The van der Waals surface area contributed by atoms with Crippen LogP contribution in [0.15, 0.2) is 36.4 Å². The Morgan fingerprint density at radius 3 is 2.32 bits per heavy atom. The van der Waals surface area contributed by atoms with E-state index in [9.17, 15) is 14.4 Å². The first-order valence-electron chi connectivity index (χ1n) is 6.05. The number of imide groups is 1. The number of hydrogen-bond donors (Lipinski definition) is 0. The summed E-state index contributed by atoms with van der Waals surface area (Å²) in [6.45, 7) is 0. The van der Waals surface area contributed by atoms with Gasteiger partial charge in [-0.1, -0.05) is 29.3 Å². The molecular weight excluding hydrogens is 246 g/mol. The van der Waals surface area contributed by atoms with Gasteiger partial charge in [0.25, 0.3) is 11.8 Å². The third kappa shape index (κ3) is 1.83. The SMILES string of the molecule is O=C(ON1C(=O)c2ccccc2C1=O)C1C=CCC1. The predicted octanol–water partition coefficient (Wildman–Crippen LogP) is 1.71. The number of hydrogen-bond acceptors (Lipinski definition) is 4. The van der Waals surface area contributed by atoms with Gasteiger partial charge in [-0.05, 0) is 25.0 Å². The van der Waals surface area contributed by atoms with Crippen LogP contribution in [-0.2, 0) is 9.63 Å². The minimum atomic E-state index is -0.587. The molecule has 1 aromatic carbocycles. The summed E-state index contributed by atoms with van der Waals surface area (Å²) >= 11 is 0. The van der Waals surface area contributed by atoms with E-state index in [-0.39, 0.29) is 17.0 Å². The Morgan fingerprint density at radius 1 is 1.16 bits per heavy atom. The number of carbonyl (C=O) groups excluding carboxylic acids is 3. The second kappa shape index (κ2) is 4.35. The Morgan fingerprint density at radius 2 is 1.79 bits per heavy atom. The van der Waals surface area contributed by atoms with Crippen molar-refractivity contribution in [2.24, 2.45) is 5.92 Å². The summed E-state index contributed by atoms with van der Waals surface area (Å²) in [6.07, 6.45) is 5.08. The van der Waals surface area contributed by atoms with Crippen LogP contribution in [0.4, 0.5) is 0 Å². The Kier molecular flexibility index (Phi) is 2.67. The van der Waals surface area contributed by atoms with E-state index in [2.05, 4.69) is 0 Å². The maximum atomic E-state index is 12.0. The van der Waals surface area contributed by atoms with Crippen LogP contribution in [-0.4, -0.2) is 22.8 Å². The number of carbonyl (C=O) groups is 3. The lowest BCUT2D eigenvalue weighted by Gasteiger charge is -2.14. The van der Waals surface area contributed by atoms with Crippen molar-refractivity contribution in [2.75, 3.05) is 0 Å². The second-order valence-electron chi connectivity index (χ2n) is 4.47. The van der Waals surface area contributed by atoms with Gasteiger partial charge in [0.2, 0.25) is 0 Å². The molecule has 1 atom stereocenters. The molecule has 1 aromatic rings. The van der Waals surface area contributed by atoms with Gasteiger partial charge in [-0.3, -0.25) is 9.59 Å². The summed E-state index contributed by atoms with van der Waals surface area (Å²) in [5, 5.41) is 0.555. The van der Waals surface area contributed by atoms with Gasteiger partial charge in [0.05, 0.1) is 17.0 Å². The molecule has 0 fully saturated rings. The minimum Gasteiger partial charge on any atom is -0.329 e. The molecule has 1 aliphatic heterocycles. The van der Waals surface area contributed by atoms with Gasteiger partial charge in [-0.25, -0.2) is 4.79 Å². The molecule has 5 nitrogen and oxygen atoms in total. The predicted molar refractivity (Wildman–Crippen MR) is 64.9 cm³/mol. The molecule has 1 heterocycles. The number of hydroxylamine groups is 2. The molecule has 2 amide bonds. The summed E-state index contributed by atoms with van der Waals surface area (Å²) in [5.74, 6) is -2.11. The molecule has 0 N–H and O–H groups in total. The number of rotatable bonds is 2. The summed E-state index contributed by atoms with van der Waals surface area (Å²) < 4.78 is 0. The maximum absolute atomic E-state index is 12.0. The van der Waals surface area contributed by atoms with Gasteiger partial charge < -0.3 is 4.84 Å². The topological polar surface area (TPSA) is 63.7 Å². The highest BCUT2D eigenvalue weighted by atomic mass is 16.7. The first-order valence-corrected chi connectivity index (χ1v) is 6.05. The van der Waals surface area contributed by atoms with Crippen LogP contribution in [0, 0.1) is 5.92 Å². The average Bonchev–Trinajstić information content (AvgIpc) is 3.03. The van der Waals surface area contributed by atoms with E-state index in [4.69, 9.17) is 4.84 Å². The lowest BCUT2D eigenvalue weighted by Crippen LogP contribution is -2.34. The summed E-state index contributed by atoms with van der Waals surface area (Å²) in [6, 6.07) is 6.40. The van der Waals surface area contributed by atoms with Gasteiger partial charge >= 0.3 is 5.97 Å². The van der Waals surface area contributed by atoms with Crippen LogP contribution < -0.4 is 0 Å².